The predicted molar refractivity (Wildman–Crippen MR) is 70.9 cm³/mol. The Bertz CT molecular complexity index is 618. The van der Waals surface area contributed by atoms with Crippen molar-refractivity contribution in [2.24, 2.45) is 0 Å². The minimum Gasteiger partial charge on any atom is -0.490 e. The van der Waals surface area contributed by atoms with Crippen LogP contribution in [-0.4, -0.2) is 12.4 Å². The largest absolute Gasteiger partial charge is 0.490 e. The smallest absolute Gasteiger partial charge is 0.150 e. The van der Waals surface area contributed by atoms with Gasteiger partial charge in [0.2, 0.25) is 0 Å². The Balaban J connectivity index is 1.94. The molecule has 0 heterocycles. The molecule has 0 saturated heterocycles. The maximum atomic E-state index is 13.9. The molecule has 1 fully saturated rings. The first-order valence-corrected chi connectivity index (χ1v) is 6.28. The minimum absolute atomic E-state index is 0.317. The molecule has 3 heteroatoms. The van der Waals surface area contributed by atoms with Crippen LogP contribution in [0, 0.1) is 5.82 Å². The van der Waals surface area contributed by atoms with E-state index in [1.807, 2.05) is 24.3 Å². The number of carbonyl (C=O) groups excluding carboxylic acids is 1. The molecule has 1 aliphatic carbocycles. The number of aldehydes is 1. The van der Waals surface area contributed by atoms with E-state index in [-0.39, 0.29) is 0 Å². The summed E-state index contributed by atoms with van der Waals surface area (Å²) in [7, 11) is 0. The summed E-state index contributed by atoms with van der Waals surface area (Å²) in [5.41, 5.74) is 1.58. The fraction of sp³-hybridized carbons (Fsp3) is 0.188. The van der Waals surface area contributed by atoms with E-state index in [1.165, 1.54) is 6.07 Å². The molecule has 0 amide bonds. The highest BCUT2D eigenvalue weighted by molar-refractivity contribution is 5.77. The molecule has 0 aliphatic heterocycles. The average Bonchev–Trinajstić information content (AvgIpc) is 3.23. The van der Waals surface area contributed by atoms with Gasteiger partial charge in [-0.25, -0.2) is 4.39 Å². The summed E-state index contributed by atoms with van der Waals surface area (Å²) in [6, 6.07) is 11.9. The molecule has 1 saturated carbocycles. The van der Waals surface area contributed by atoms with Gasteiger partial charge in [-0.1, -0.05) is 24.3 Å². The van der Waals surface area contributed by atoms with Crippen molar-refractivity contribution in [3.8, 4) is 16.9 Å². The van der Waals surface area contributed by atoms with Crippen molar-refractivity contribution in [3.05, 3.63) is 53.8 Å². The molecule has 0 atom stereocenters. The van der Waals surface area contributed by atoms with Crippen LogP contribution < -0.4 is 4.74 Å². The molecule has 0 aromatic heterocycles. The van der Waals surface area contributed by atoms with E-state index in [2.05, 4.69) is 0 Å². The van der Waals surface area contributed by atoms with Gasteiger partial charge >= 0.3 is 0 Å². The monoisotopic (exact) mass is 256 g/mol. The number of ether oxygens (including phenoxy) is 1. The predicted octanol–water partition coefficient (Wildman–Crippen LogP) is 3.85. The Hall–Kier alpha value is -2.16. The van der Waals surface area contributed by atoms with Crippen molar-refractivity contribution >= 4 is 6.29 Å². The van der Waals surface area contributed by atoms with Crippen LogP contribution in [0.15, 0.2) is 42.5 Å². The number of hydrogen-bond donors (Lipinski definition) is 0. The Labute approximate surface area is 110 Å². The zero-order valence-electron chi connectivity index (χ0n) is 10.3. The highest BCUT2D eigenvalue weighted by Gasteiger charge is 2.23. The normalized spacial score (nSPS) is 14.2. The number of halogens is 1. The summed E-state index contributed by atoms with van der Waals surface area (Å²) >= 11 is 0. The molecule has 0 unspecified atom stereocenters. The summed E-state index contributed by atoms with van der Waals surface area (Å²) in [5, 5.41) is 0. The van der Waals surface area contributed by atoms with E-state index in [0.29, 0.717) is 23.5 Å². The topological polar surface area (TPSA) is 26.3 Å². The maximum absolute atomic E-state index is 13.9. The Kier molecular flexibility index (Phi) is 3.03. The first kappa shape index (κ1) is 11.9. The van der Waals surface area contributed by atoms with Crippen molar-refractivity contribution in [1.82, 2.24) is 0 Å². The van der Waals surface area contributed by atoms with Crippen molar-refractivity contribution in [3.63, 3.8) is 0 Å². The molecule has 19 heavy (non-hydrogen) atoms. The van der Waals surface area contributed by atoms with Crippen molar-refractivity contribution in [1.29, 1.82) is 0 Å². The number of hydrogen-bond acceptors (Lipinski definition) is 2. The van der Waals surface area contributed by atoms with Crippen LogP contribution in [-0.2, 0) is 0 Å². The molecule has 0 N–H and O–H groups in total. The number of benzene rings is 2. The summed E-state index contributed by atoms with van der Waals surface area (Å²) in [5.74, 6) is 0.368. The molecule has 2 aromatic rings. The summed E-state index contributed by atoms with van der Waals surface area (Å²) in [6.07, 6.45) is 3.14. The second-order valence-corrected chi connectivity index (χ2v) is 4.70. The van der Waals surface area contributed by atoms with Gasteiger partial charge in [0.25, 0.3) is 0 Å². The van der Waals surface area contributed by atoms with Crippen LogP contribution in [0.4, 0.5) is 4.39 Å². The third-order valence-electron chi connectivity index (χ3n) is 3.10. The molecule has 0 spiro atoms. The number of carbonyl (C=O) groups is 1. The molecular formula is C16H13FO2. The Morgan fingerprint density at radius 2 is 2.00 bits per heavy atom. The molecule has 2 aromatic carbocycles. The first-order chi connectivity index (χ1) is 9.26. The highest BCUT2D eigenvalue weighted by Crippen LogP contribution is 2.30. The van der Waals surface area contributed by atoms with Crippen LogP contribution in [0.5, 0.6) is 5.75 Å². The summed E-state index contributed by atoms with van der Waals surface area (Å²) in [6.45, 7) is 0. The van der Waals surface area contributed by atoms with Crippen LogP contribution in [0.1, 0.15) is 23.2 Å². The minimum atomic E-state index is -0.395. The van der Waals surface area contributed by atoms with E-state index in [9.17, 15) is 9.18 Å². The molecule has 96 valence electrons. The summed E-state index contributed by atoms with van der Waals surface area (Å²) in [4.78, 5) is 10.6. The molecular weight excluding hydrogens is 243 g/mol. The lowest BCUT2D eigenvalue weighted by Crippen LogP contribution is -1.96. The van der Waals surface area contributed by atoms with Gasteiger partial charge < -0.3 is 4.74 Å². The number of rotatable bonds is 4. The Morgan fingerprint density at radius 1 is 1.16 bits per heavy atom. The molecule has 3 rings (SSSR count). The third-order valence-corrected chi connectivity index (χ3v) is 3.10. The van der Waals surface area contributed by atoms with Gasteiger partial charge in [-0.2, -0.15) is 0 Å². The van der Waals surface area contributed by atoms with Crippen molar-refractivity contribution in [2.45, 2.75) is 18.9 Å². The van der Waals surface area contributed by atoms with E-state index in [0.717, 1.165) is 24.2 Å². The molecule has 0 radical (unpaired) electrons. The third kappa shape index (κ3) is 2.65. The quantitative estimate of drug-likeness (QED) is 0.777. The van der Waals surface area contributed by atoms with Crippen LogP contribution in [0.2, 0.25) is 0 Å². The van der Waals surface area contributed by atoms with Gasteiger partial charge in [0.05, 0.1) is 6.10 Å². The van der Waals surface area contributed by atoms with Crippen LogP contribution in [0.3, 0.4) is 0 Å². The van der Waals surface area contributed by atoms with Crippen LogP contribution >= 0.6 is 0 Å². The summed E-state index contributed by atoms with van der Waals surface area (Å²) < 4.78 is 19.6. The fourth-order valence-corrected chi connectivity index (χ4v) is 1.95. The Morgan fingerprint density at radius 3 is 2.68 bits per heavy atom. The van der Waals surface area contributed by atoms with E-state index in [1.54, 1.807) is 12.1 Å². The molecule has 1 aliphatic rings. The van der Waals surface area contributed by atoms with E-state index in [4.69, 9.17) is 4.74 Å². The lowest BCUT2D eigenvalue weighted by Gasteiger charge is -2.08. The fourth-order valence-electron chi connectivity index (χ4n) is 1.95. The zero-order valence-corrected chi connectivity index (χ0v) is 10.3. The van der Waals surface area contributed by atoms with Gasteiger partial charge in [0, 0.05) is 11.1 Å². The van der Waals surface area contributed by atoms with Crippen molar-refractivity contribution < 1.29 is 13.9 Å². The zero-order chi connectivity index (χ0) is 13.2. The van der Waals surface area contributed by atoms with Gasteiger partial charge in [0.1, 0.15) is 17.9 Å². The molecule has 2 nitrogen and oxygen atoms in total. The van der Waals surface area contributed by atoms with Crippen LogP contribution in [0.25, 0.3) is 11.1 Å². The van der Waals surface area contributed by atoms with E-state index < -0.39 is 5.82 Å². The van der Waals surface area contributed by atoms with Crippen molar-refractivity contribution in [2.75, 3.05) is 0 Å². The highest BCUT2D eigenvalue weighted by atomic mass is 19.1. The average molecular weight is 256 g/mol. The first-order valence-electron chi connectivity index (χ1n) is 6.28. The van der Waals surface area contributed by atoms with E-state index >= 15 is 0 Å². The SMILES string of the molecule is O=Cc1ccc(-c2cccc(OC3CC3)c2)c(F)c1. The maximum Gasteiger partial charge on any atom is 0.150 e. The van der Waals surface area contributed by atoms with Gasteiger partial charge in [-0.15, -0.1) is 0 Å². The lowest BCUT2D eigenvalue weighted by molar-refractivity contribution is 0.112. The second-order valence-electron chi connectivity index (χ2n) is 4.70. The lowest BCUT2D eigenvalue weighted by atomic mass is 10.0. The second kappa shape index (κ2) is 4.84. The van der Waals surface area contributed by atoms with Gasteiger partial charge in [-0.3, -0.25) is 4.79 Å². The molecule has 0 bridgehead atoms. The van der Waals surface area contributed by atoms with Gasteiger partial charge in [-0.05, 0) is 36.6 Å². The van der Waals surface area contributed by atoms with Gasteiger partial charge in [0.15, 0.2) is 0 Å². The standard InChI is InChI=1S/C16H13FO2/c17-16-8-11(10-18)4-7-15(16)12-2-1-3-14(9-12)19-13-5-6-13/h1-4,7-10,13H,5-6H2.